The minimum atomic E-state index is 0.840. The van der Waals surface area contributed by atoms with Crippen LogP contribution in [0.25, 0.3) is 0 Å². The molecule has 108 valence electrons. The first-order valence-corrected chi connectivity index (χ1v) is 7.65. The fourth-order valence-electron chi connectivity index (χ4n) is 2.05. The molecule has 1 rings (SSSR count). The zero-order valence-corrected chi connectivity index (χ0v) is 12.8. The highest BCUT2D eigenvalue weighted by Crippen LogP contribution is 2.19. The maximum absolute atomic E-state index is 5.85. The van der Waals surface area contributed by atoms with Crippen molar-refractivity contribution in [2.45, 2.75) is 52.9 Å². The number of unbranched alkanes of at least 4 members (excludes halogenated alkanes) is 3. The molecule has 0 unspecified atom stereocenters. The second kappa shape index (κ2) is 9.85. The molecule has 0 spiro atoms. The smallest absolute Gasteiger partial charge is 0.122 e. The second-order valence-corrected chi connectivity index (χ2v) is 5.28. The summed E-state index contributed by atoms with van der Waals surface area (Å²) in [5, 5.41) is 3.43. The summed E-state index contributed by atoms with van der Waals surface area (Å²) in [5.74, 6) is 1.05. The van der Waals surface area contributed by atoms with Crippen molar-refractivity contribution in [2.75, 3.05) is 19.7 Å². The Balaban J connectivity index is 2.03. The summed E-state index contributed by atoms with van der Waals surface area (Å²) in [6, 6.07) is 6.39. The normalized spacial score (nSPS) is 10.7. The standard InChI is InChI=1S/C17H29NO/c1-4-11-18-12-7-5-6-8-13-19-17-14-15(2)9-10-16(17)3/h9-10,14,18H,4-8,11-13H2,1-3H3. The fraction of sp³-hybridized carbons (Fsp3) is 0.647. The Morgan fingerprint density at radius 2 is 1.79 bits per heavy atom. The Morgan fingerprint density at radius 1 is 1.00 bits per heavy atom. The zero-order valence-electron chi connectivity index (χ0n) is 12.8. The molecular weight excluding hydrogens is 234 g/mol. The van der Waals surface area contributed by atoms with Gasteiger partial charge in [-0.15, -0.1) is 0 Å². The van der Waals surface area contributed by atoms with Gasteiger partial charge in [-0.2, -0.15) is 0 Å². The number of benzene rings is 1. The molecule has 0 aliphatic carbocycles. The monoisotopic (exact) mass is 263 g/mol. The molecule has 19 heavy (non-hydrogen) atoms. The predicted octanol–water partition coefficient (Wildman–Crippen LogP) is 4.24. The van der Waals surface area contributed by atoms with Gasteiger partial charge in [0.25, 0.3) is 0 Å². The maximum atomic E-state index is 5.85. The Hall–Kier alpha value is -1.02. The highest BCUT2D eigenvalue weighted by Gasteiger charge is 1.99. The van der Waals surface area contributed by atoms with Gasteiger partial charge in [-0.1, -0.05) is 31.9 Å². The van der Waals surface area contributed by atoms with Crippen LogP contribution >= 0.6 is 0 Å². The Morgan fingerprint density at radius 3 is 2.58 bits per heavy atom. The molecule has 0 amide bonds. The first-order chi connectivity index (χ1) is 9.24. The molecule has 2 heteroatoms. The van der Waals surface area contributed by atoms with Gasteiger partial charge in [0, 0.05) is 0 Å². The van der Waals surface area contributed by atoms with Gasteiger partial charge in [-0.05, 0) is 63.4 Å². The van der Waals surface area contributed by atoms with E-state index in [1.807, 2.05) is 0 Å². The SMILES string of the molecule is CCCNCCCCCCOc1cc(C)ccc1C. The van der Waals surface area contributed by atoms with Gasteiger partial charge in [-0.3, -0.25) is 0 Å². The Labute approximate surface area is 118 Å². The summed E-state index contributed by atoms with van der Waals surface area (Å²) in [5.41, 5.74) is 2.50. The van der Waals surface area contributed by atoms with E-state index in [2.05, 4.69) is 44.3 Å². The van der Waals surface area contributed by atoms with Gasteiger partial charge in [0.1, 0.15) is 5.75 Å². The molecule has 0 radical (unpaired) electrons. The zero-order chi connectivity index (χ0) is 13.9. The van der Waals surface area contributed by atoms with E-state index in [9.17, 15) is 0 Å². The molecule has 0 saturated heterocycles. The predicted molar refractivity (Wildman–Crippen MR) is 83.0 cm³/mol. The average molecular weight is 263 g/mol. The van der Waals surface area contributed by atoms with Crippen LogP contribution in [0.5, 0.6) is 5.75 Å². The molecule has 0 aliphatic rings. The van der Waals surface area contributed by atoms with E-state index in [1.165, 1.54) is 36.8 Å². The summed E-state index contributed by atoms with van der Waals surface area (Å²) < 4.78 is 5.85. The van der Waals surface area contributed by atoms with E-state index in [0.717, 1.165) is 31.9 Å². The number of aryl methyl sites for hydroxylation is 2. The van der Waals surface area contributed by atoms with Crippen molar-refractivity contribution in [1.29, 1.82) is 0 Å². The summed E-state index contributed by atoms with van der Waals surface area (Å²) >= 11 is 0. The molecule has 0 bridgehead atoms. The van der Waals surface area contributed by atoms with Gasteiger partial charge in [0.15, 0.2) is 0 Å². The van der Waals surface area contributed by atoms with E-state index in [0.29, 0.717) is 0 Å². The molecule has 1 aromatic carbocycles. The van der Waals surface area contributed by atoms with Crippen LogP contribution in [0, 0.1) is 13.8 Å². The average Bonchev–Trinajstić information content (AvgIpc) is 2.40. The quantitative estimate of drug-likeness (QED) is 0.637. The van der Waals surface area contributed by atoms with Crippen LogP contribution in [-0.4, -0.2) is 19.7 Å². The number of hydrogen-bond acceptors (Lipinski definition) is 2. The van der Waals surface area contributed by atoms with Crippen LogP contribution in [0.15, 0.2) is 18.2 Å². The lowest BCUT2D eigenvalue weighted by molar-refractivity contribution is 0.302. The summed E-state index contributed by atoms with van der Waals surface area (Å²) in [7, 11) is 0. The minimum absolute atomic E-state index is 0.840. The molecule has 1 N–H and O–H groups in total. The van der Waals surface area contributed by atoms with Crippen molar-refractivity contribution in [2.24, 2.45) is 0 Å². The van der Waals surface area contributed by atoms with Gasteiger partial charge >= 0.3 is 0 Å². The molecule has 2 nitrogen and oxygen atoms in total. The van der Waals surface area contributed by atoms with E-state index >= 15 is 0 Å². The van der Waals surface area contributed by atoms with Crippen LogP contribution in [0.2, 0.25) is 0 Å². The molecular formula is C17H29NO. The third-order valence-corrected chi connectivity index (χ3v) is 3.28. The first kappa shape index (κ1) is 16.0. The minimum Gasteiger partial charge on any atom is -0.493 e. The third kappa shape index (κ3) is 7.22. The number of hydrogen-bond donors (Lipinski definition) is 1. The number of ether oxygens (including phenoxy) is 1. The summed E-state index contributed by atoms with van der Waals surface area (Å²) in [4.78, 5) is 0. The molecule has 0 heterocycles. The second-order valence-electron chi connectivity index (χ2n) is 5.28. The Bertz CT molecular complexity index is 349. The molecule has 1 aromatic rings. The van der Waals surface area contributed by atoms with Gasteiger partial charge in [-0.25, -0.2) is 0 Å². The van der Waals surface area contributed by atoms with E-state index in [4.69, 9.17) is 4.74 Å². The third-order valence-electron chi connectivity index (χ3n) is 3.28. The molecule has 0 aliphatic heterocycles. The van der Waals surface area contributed by atoms with Crippen molar-refractivity contribution in [1.82, 2.24) is 5.32 Å². The molecule has 0 atom stereocenters. The topological polar surface area (TPSA) is 21.3 Å². The lowest BCUT2D eigenvalue weighted by Crippen LogP contribution is -2.15. The molecule has 0 fully saturated rings. The molecule has 0 aromatic heterocycles. The summed E-state index contributed by atoms with van der Waals surface area (Å²) in [6.45, 7) is 9.56. The lowest BCUT2D eigenvalue weighted by Gasteiger charge is -2.10. The van der Waals surface area contributed by atoms with Crippen molar-refractivity contribution in [3.8, 4) is 5.75 Å². The number of nitrogens with one attached hydrogen (secondary N) is 1. The van der Waals surface area contributed by atoms with Crippen LogP contribution in [-0.2, 0) is 0 Å². The largest absolute Gasteiger partial charge is 0.493 e. The van der Waals surface area contributed by atoms with Crippen molar-refractivity contribution >= 4 is 0 Å². The van der Waals surface area contributed by atoms with Crippen LogP contribution in [0.1, 0.15) is 50.2 Å². The van der Waals surface area contributed by atoms with Crippen molar-refractivity contribution in [3.05, 3.63) is 29.3 Å². The lowest BCUT2D eigenvalue weighted by atomic mass is 10.1. The Kier molecular flexibility index (Phi) is 8.31. The highest BCUT2D eigenvalue weighted by molar-refractivity contribution is 5.35. The van der Waals surface area contributed by atoms with Gasteiger partial charge < -0.3 is 10.1 Å². The van der Waals surface area contributed by atoms with Gasteiger partial charge in [0.05, 0.1) is 6.61 Å². The van der Waals surface area contributed by atoms with E-state index in [-0.39, 0.29) is 0 Å². The number of rotatable bonds is 10. The van der Waals surface area contributed by atoms with Crippen molar-refractivity contribution < 1.29 is 4.74 Å². The van der Waals surface area contributed by atoms with E-state index < -0.39 is 0 Å². The van der Waals surface area contributed by atoms with Crippen LogP contribution in [0.4, 0.5) is 0 Å². The maximum Gasteiger partial charge on any atom is 0.122 e. The van der Waals surface area contributed by atoms with Crippen molar-refractivity contribution in [3.63, 3.8) is 0 Å². The van der Waals surface area contributed by atoms with Crippen LogP contribution < -0.4 is 10.1 Å². The first-order valence-electron chi connectivity index (χ1n) is 7.65. The highest BCUT2D eigenvalue weighted by atomic mass is 16.5. The van der Waals surface area contributed by atoms with Crippen LogP contribution in [0.3, 0.4) is 0 Å². The summed E-state index contributed by atoms with van der Waals surface area (Å²) in [6.07, 6.45) is 6.22. The fourth-order valence-corrected chi connectivity index (χ4v) is 2.05. The van der Waals surface area contributed by atoms with E-state index in [1.54, 1.807) is 0 Å². The molecule has 0 saturated carbocycles. The van der Waals surface area contributed by atoms with Gasteiger partial charge in [0.2, 0.25) is 0 Å².